The van der Waals surface area contributed by atoms with Crippen LogP contribution in [-0.4, -0.2) is 20.0 Å². The molecule has 3 aromatic carbocycles. The number of ketones is 2. The Morgan fingerprint density at radius 1 is 0.971 bits per heavy atom. The third-order valence-corrected chi connectivity index (χ3v) is 7.60. The molecule has 3 aromatic rings. The van der Waals surface area contributed by atoms with E-state index in [1.165, 1.54) is 12.1 Å². The minimum Gasteiger partial charge on any atom is -0.377 e. The van der Waals surface area contributed by atoms with Crippen molar-refractivity contribution in [2.24, 2.45) is 5.92 Å². The molecule has 0 radical (unpaired) electrons. The maximum Gasteiger partial charge on any atom is 0.261 e. The van der Waals surface area contributed by atoms with Gasteiger partial charge in [0, 0.05) is 34.8 Å². The lowest BCUT2D eigenvalue weighted by Gasteiger charge is -2.27. The molecule has 7 heteroatoms. The van der Waals surface area contributed by atoms with Gasteiger partial charge in [0.05, 0.1) is 10.9 Å². The maximum atomic E-state index is 13.0. The van der Waals surface area contributed by atoms with Crippen molar-refractivity contribution in [2.45, 2.75) is 51.0 Å². The lowest BCUT2D eigenvalue weighted by Crippen LogP contribution is -2.24. The van der Waals surface area contributed by atoms with Gasteiger partial charge in [-0.1, -0.05) is 58.0 Å². The molecular formula is C28H30N2O4S. The van der Waals surface area contributed by atoms with Crippen molar-refractivity contribution in [2.75, 3.05) is 10.0 Å². The van der Waals surface area contributed by atoms with Crippen LogP contribution in [0.5, 0.6) is 0 Å². The number of nitrogens with one attached hydrogen (secondary N) is 2. The molecule has 0 saturated carbocycles. The largest absolute Gasteiger partial charge is 0.377 e. The number of carbonyl (C=O) groups is 2. The Labute approximate surface area is 206 Å². The zero-order valence-electron chi connectivity index (χ0n) is 20.3. The van der Waals surface area contributed by atoms with Gasteiger partial charge in [-0.15, -0.1) is 0 Å². The number of hydrogen-bond donors (Lipinski definition) is 2. The van der Waals surface area contributed by atoms with Crippen LogP contribution in [0.4, 0.5) is 11.4 Å². The monoisotopic (exact) mass is 490 g/mol. The van der Waals surface area contributed by atoms with Crippen molar-refractivity contribution >= 4 is 33.0 Å². The Kier molecular flexibility index (Phi) is 6.81. The van der Waals surface area contributed by atoms with E-state index in [-0.39, 0.29) is 40.8 Å². The second-order valence-corrected chi connectivity index (χ2v) is 11.2. The van der Waals surface area contributed by atoms with Crippen molar-refractivity contribution in [3.8, 4) is 0 Å². The van der Waals surface area contributed by atoms with E-state index in [0.29, 0.717) is 22.5 Å². The van der Waals surface area contributed by atoms with Crippen LogP contribution in [-0.2, 0) is 10.0 Å². The number of sulfonamides is 1. The first-order valence-corrected chi connectivity index (χ1v) is 13.2. The Balaban J connectivity index is 1.58. The van der Waals surface area contributed by atoms with E-state index in [0.717, 1.165) is 11.1 Å². The highest BCUT2D eigenvalue weighted by Gasteiger charge is 2.28. The number of benzene rings is 3. The highest BCUT2D eigenvalue weighted by Crippen LogP contribution is 2.35. The first-order valence-electron chi connectivity index (χ1n) is 11.8. The Morgan fingerprint density at radius 2 is 1.71 bits per heavy atom. The first-order chi connectivity index (χ1) is 16.5. The number of anilines is 2. The molecule has 2 N–H and O–H groups in total. The molecule has 0 bridgehead atoms. The van der Waals surface area contributed by atoms with Crippen LogP contribution in [0.3, 0.4) is 0 Å². The molecule has 182 valence electrons. The van der Waals surface area contributed by atoms with Crippen molar-refractivity contribution in [3.63, 3.8) is 0 Å². The zero-order chi connectivity index (χ0) is 25.3. The SMILES string of the molecule is CC(C)C(=O)c1cccc(C2CC(=O)c3cc(S(=O)(=O)Nc4cccc(C(C)C)c4)ccc3N2)c1. The van der Waals surface area contributed by atoms with Gasteiger partial charge in [-0.3, -0.25) is 14.3 Å². The molecule has 0 saturated heterocycles. The molecule has 0 spiro atoms. The first kappa shape index (κ1) is 24.7. The quantitative estimate of drug-likeness (QED) is 0.385. The lowest BCUT2D eigenvalue weighted by molar-refractivity contribution is 0.0938. The van der Waals surface area contributed by atoms with E-state index >= 15 is 0 Å². The summed E-state index contributed by atoms with van der Waals surface area (Å²) in [4.78, 5) is 25.5. The molecule has 1 aliphatic rings. The summed E-state index contributed by atoms with van der Waals surface area (Å²) in [7, 11) is -3.87. The maximum absolute atomic E-state index is 13.0. The molecule has 0 aliphatic carbocycles. The van der Waals surface area contributed by atoms with Gasteiger partial charge in [-0.25, -0.2) is 8.42 Å². The molecule has 0 fully saturated rings. The van der Waals surface area contributed by atoms with Gasteiger partial charge in [0.2, 0.25) is 0 Å². The summed E-state index contributed by atoms with van der Waals surface area (Å²) in [6.45, 7) is 7.80. The van der Waals surface area contributed by atoms with Gasteiger partial charge in [0.15, 0.2) is 11.6 Å². The lowest BCUT2D eigenvalue weighted by atomic mass is 9.90. The molecule has 35 heavy (non-hydrogen) atoms. The van der Waals surface area contributed by atoms with Crippen molar-refractivity contribution < 1.29 is 18.0 Å². The van der Waals surface area contributed by atoms with Gasteiger partial charge in [-0.2, -0.15) is 0 Å². The van der Waals surface area contributed by atoms with E-state index in [4.69, 9.17) is 0 Å². The number of fused-ring (bicyclic) bond motifs is 1. The van der Waals surface area contributed by atoms with E-state index < -0.39 is 10.0 Å². The second-order valence-electron chi connectivity index (χ2n) is 9.56. The summed E-state index contributed by atoms with van der Waals surface area (Å²) in [5.74, 6) is 0.0524. The summed E-state index contributed by atoms with van der Waals surface area (Å²) in [5, 5.41) is 3.34. The van der Waals surface area contributed by atoms with E-state index in [2.05, 4.69) is 10.0 Å². The Hall–Kier alpha value is -3.45. The Morgan fingerprint density at radius 3 is 2.43 bits per heavy atom. The van der Waals surface area contributed by atoms with Crippen LogP contribution in [0, 0.1) is 5.92 Å². The summed E-state index contributed by atoms with van der Waals surface area (Å²) >= 11 is 0. The van der Waals surface area contributed by atoms with Gasteiger partial charge in [-0.05, 0) is 53.4 Å². The molecule has 1 aliphatic heterocycles. The average Bonchev–Trinajstić information content (AvgIpc) is 2.83. The molecule has 1 atom stereocenters. The standard InChI is InChI=1S/C28H30N2O4S/c1-17(2)19-7-6-10-22(14-19)30-35(33,34)23-11-12-25-24(15-23)27(31)16-26(29-25)20-8-5-9-21(13-20)28(32)18(3)4/h5-15,17-18,26,29-30H,16H2,1-4H3. The summed E-state index contributed by atoms with van der Waals surface area (Å²) in [5.41, 5.74) is 3.89. The van der Waals surface area contributed by atoms with Gasteiger partial charge < -0.3 is 5.32 Å². The molecular weight excluding hydrogens is 460 g/mol. The van der Waals surface area contributed by atoms with Crippen LogP contribution in [0.1, 0.15) is 77.9 Å². The summed E-state index contributed by atoms with van der Waals surface area (Å²) in [6.07, 6.45) is 0.166. The fourth-order valence-electron chi connectivity index (χ4n) is 4.20. The van der Waals surface area contributed by atoms with E-state index in [1.807, 2.05) is 64.1 Å². The molecule has 1 unspecified atom stereocenters. The van der Waals surface area contributed by atoms with Crippen molar-refractivity contribution in [1.82, 2.24) is 0 Å². The average molecular weight is 491 g/mol. The second kappa shape index (κ2) is 9.66. The third kappa shape index (κ3) is 5.30. The minimum atomic E-state index is -3.87. The normalized spacial score (nSPS) is 15.6. The van der Waals surface area contributed by atoms with E-state index in [9.17, 15) is 18.0 Å². The van der Waals surface area contributed by atoms with Crippen LogP contribution in [0.15, 0.2) is 71.6 Å². The predicted octanol–water partition coefficient (Wildman–Crippen LogP) is 6.19. The highest BCUT2D eigenvalue weighted by atomic mass is 32.2. The van der Waals surface area contributed by atoms with Gasteiger partial charge >= 0.3 is 0 Å². The minimum absolute atomic E-state index is 0.0318. The smallest absolute Gasteiger partial charge is 0.261 e. The van der Waals surface area contributed by atoms with Crippen LogP contribution in [0.2, 0.25) is 0 Å². The molecule has 0 aromatic heterocycles. The van der Waals surface area contributed by atoms with Crippen LogP contribution < -0.4 is 10.0 Å². The fourth-order valence-corrected chi connectivity index (χ4v) is 5.28. The number of hydrogen-bond acceptors (Lipinski definition) is 5. The van der Waals surface area contributed by atoms with E-state index in [1.54, 1.807) is 18.2 Å². The summed E-state index contributed by atoms with van der Waals surface area (Å²) in [6, 6.07) is 18.9. The molecule has 0 amide bonds. The molecule has 4 rings (SSSR count). The number of carbonyl (C=O) groups excluding carboxylic acids is 2. The van der Waals surface area contributed by atoms with Crippen LogP contribution >= 0.6 is 0 Å². The van der Waals surface area contributed by atoms with Crippen LogP contribution in [0.25, 0.3) is 0 Å². The van der Waals surface area contributed by atoms with Crippen molar-refractivity contribution in [3.05, 3.63) is 89.0 Å². The molecule has 1 heterocycles. The number of rotatable bonds is 7. The van der Waals surface area contributed by atoms with Crippen molar-refractivity contribution in [1.29, 1.82) is 0 Å². The van der Waals surface area contributed by atoms with Gasteiger partial charge in [0.25, 0.3) is 10.0 Å². The highest BCUT2D eigenvalue weighted by molar-refractivity contribution is 7.92. The Bertz CT molecular complexity index is 1390. The zero-order valence-corrected chi connectivity index (χ0v) is 21.1. The predicted molar refractivity (Wildman–Crippen MR) is 139 cm³/mol. The topological polar surface area (TPSA) is 92.3 Å². The van der Waals surface area contributed by atoms with Gasteiger partial charge in [0.1, 0.15) is 0 Å². The molecule has 6 nitrogen and oxygen atoms in total. The fraction of sp³-hybridized carbons (Fsp3) is 0.286. The third-order valence-electron chi connectivity index (χ3n) is 6.22. The number of Topliss-reactive ketones (excluding diaryl/α,β-unsaturated/α-hetero) is 2. The summed E-state index contributed by atoms with van der Waals surface area (Å²) < 4.78 is 28.7.